The number of aliphatic hydroxyl groups excluding tert-OH is 1. The summed E-state index contributed by atoms with van der Waals surface area (Å²) in [6.07, 6.45) is 3.22. The first-order chi connectivity index (χ1) is 8.90. The third-order valence-corrected chi connectivity index (χ3v) is 3.16. The van der Waals surface area contributed by atoms with Crippen molar-refractivity contribution >= 4 is 6.09 Å². The maximum atomic E-state index is 12.0. The summed E-state index contributed by atoms with van der Waals surface area (Å²) in [5.41, 5.74) is -0.504. The van der Waals surface area contributed by atoms with Gasteiger partial charge in [-0.25, -0.2) is 4.79 Å². The third kappa shape index (κ3) is 3.26. The van der Waals surface area contributed by atoms with Crippen LogP contribution in [0.1, 0.15) is 26.8 Å². The summed E-state index contributed by atoms with van der Waals surface area (Å²) in [6, 6.07) is 1.84. The van der Waals surface area contributed by atoms with Crippen molar-refractivity contribution in [1.29, 1.82) is 0 Å². The molecule has 1 amide bonds. The van der Waals surface area contributed by atoms with Crippen LogP contribution in [-0.2, 0) is 4.74 Å². The van der Waals surface area contributed by atoms with Crippen LogP contribution in [0.4, 0.5) is 4.79 Å². The van der Waals surface area contributed by atoms with E-state index in [-0.39, 0.29) is 24.7 Å². The third-order valence-electron chi connectivity index (χ3n) is 3.16. The second kappa shape index (κ2) is 5.21. The van der Waals surface area contributed by atoms with E-state index in [0.717, 1.165) is 0 Å². The molecule has 19 heavy (non-hydrogen) atoms. The molecule has 0 bridgehead atoms. The highest BCUT2D eigenvalue weighted by atomic mass is 16.6. The molecule has 2 heterocycles. The Morgan fingerprint density at radius 2 is 2.21 bits per heavy atom. The van der Waals surface area contributed by atoms with Gasteiger partial charge in [0.15, 0.2) is 0 Å². The highest BCUT2D eigenvalue weighted by molar-refractivity contribution is 5.68. The second-order valence-corrected chi connectivity index (χ2v) is 5.88. The van der Waals surface area contributed by atoms with E-state index in [0.29, 0.717) is 13.1 Å². The quantitative estimate of drug-likeness (QED) is 0.876. The molecule has 2 rings (SSSR count). The minimum absolute atomic E-state index is 0.00696. The largest absolute Gasteiger partial charge is 0.444 e. The zero-order valence-electron chi connectivity index (χ0n) is 11.6. The lowest BCUT2D eigenvalue weighted by atomic mass is 10.1. The Morgan fingerprint density at radius 3 is 2.74 bits per heavy atom. The van der Waals surface area contributed by atoms with E-state index in [9.17, 15) is 9.90 Å². The lowest BCUT2D eigenvalue weighted by Gasteiger charge is -2.24. The zero-order chi connectivity index (χ0) is 14.0. The lowest BCUT2D eigenvalue weighted by molar-refractivity contribution is 0.0281. The molecule has 0 aromatic carbocycles. The van der Waals surface area contributed by atoms with Crippen LogP contribution < -0.4 is 0 Å². The van der Waals surface area contributed by atoms with Gasteiger partial charge in [-0.05, 0) is 26.8 Å². The van der Waals surface area contributed by atoms with Crippen LogP contribution in [0.5, 0.6) is 0 Å². The number of hydrogen-bond acceptors (Lipinski definition) is 4. The van der Waals surface area contributed by atoms with Crippen molar-refractivity contribution in [2.45, 2.75) is 32.4 Å². The molecule has 0 saturated carbocycles. The maximum absolute atomic E-state index is 12.0. The number of likely N-dealkylation sites (tertiary alicyclic amines) is 1. The molecule has 6 heteroatoms. The van der Waals surface area contributed by atoms with Crippen LogP contribution in [0, 0.1) is 5.92 Å². The predicted molar refractivity (Wildman–Crippen MR) is 69.6 cm³/mol. The molecule has 1 fully saturated rings. The van der Waals surface area contributed by atoms with E-state index in [1.165, 1.54) is 0 Å². The Kier molecular flexibility index (Phi) is 3.80. The van der Waals surface area contributed by atoms with Crippen molar-refractivity contribution in [2.75, 3.05) is 19.7 Å². The Morgan fingerprint density at radius 1 is 1.47 bits per heavy atom. The van der Waals surface area contributed by atoms with Crippen LogP contribution >= 0.6 is 0 Å². The van der Waals surface area contributed by atoms with Crippen molar-refractivity contribution in [2.24, 2.45) is 5.92 Å². The number of aromatic nitrogens is 2. The van der Waals surface area contributed by atoms with Gasteiger partial charge in [-0.2, -0.15) is 5.10 Å². The molecule has 2 unspecified atom stereocenters. The lowest BCUT2D eigenvalue weighted by Crippen LogP contribution is -2.35. The van der Waals surface area contributed by atoms with Gasteiger partial charge < -0.3 is 14.7 Å². The fourth-order valence-electron chi connectivity index (χ4n) is 2.29. The normalized spacial score (nSPS) is 23.7. The first-order valence-corrected chi connectivity index (χ1v) is 6.48. The van der Waals surface area contributed by atoms with Gasteiger partial charge in [-0.3, -0.25) is 4.68 Å². The summed E-state index contributed by atoms with van der Waals surface area (Å²) in [5, 5.41) is 13.6. The van der Waals surface area contributed by atoms with Gasteiger partial charge in [0.05, 0.1) is 6.04 Å². The molecule has 1 aliphatic rings. The second-order valence-electron chi connectivity index (χ2n) is 5.88. The van der Waals surface area contributed by atoms with Crippen LogP contribution in [0.3, 0.4) is 0 Å². The molecule has 1 aromatic rings. The van der Waals surface area contributed by atoms with Gasteiger partial charge in [0.25, 0.3) is 0 Å². The summed E-state index contributed by atoms with van der Waals surface area (Å²) >= 11 is 0. The van der Waals surface area contributed by atoms with Gasteiger partial charge >= 0.3 is 6.09 Å². The zero-order valence-corrected chi connectivity index (χ0v) is 11.6. The Labute approximate surface area is 113 Å². The van der Waals surface area contributed by atoms with E-state index >= 15 is 0 Å². The average molecular weight is 267 g/mol. The minimum atomic E-state index is -0.504. The number of amides is 1. The van der Waals surface area contributed by atoms with Crippen LogP contribution in [0.15, 0.2) is 18.5 Å². The molecule has 1 N–H and O–H groups in total. The highest BCUT2D eigenvalue weighted by Gasteiger charge is 2.37. The molecule has 1 aliphatic heterocycles. The molecular weight excluding hydrogens is 246 g/mol. The van der Waals surface area contributed by atoms with Crippen molar-refractivity contribution < 1.29 is 14.6 Å². The first kappa shape index (κ1) is 13.9. The number of carbonyl (C=O) groups is 1. The number of aliphatic hydroxyl groups is 1. The van der Waals surface area contributed by atoms with Crippen LogP contribution in [0.25, 0.3) is 0 Å². The molecule has 0 spiro atoms. The van der Waals surface area contributed by atoms with Gasteiger partial charge in [0, 0.05) is 38.0 Å². The van der Waals surface area contributed by atoms with E-state index in [1.807, 2.05) is 33.0 Å². The molecule has 6 nitrogen and oxygen atoms in total. The van der Waals surface area contributed by atoms with Crippen molar-refractivity contribution in [3.05, 3.63) is 18.5 Å². The minimum Gasteiger partial charge on any atom is -0.444 e. The maximum Gasteiger partial charge on any atom is 0.410 e. The van der Waals surface area contributed by atoms with Crippen LogP contribution in [0.2, 0.25) is 0 Å². The van der Waals surface area contributed by atoms with Gasteiger partial charge in [0.2, 0.25) is 0 Å². The molecule has 0 aliphatic carbocycles. The highest BCUT2D eigenvalue weighted by Crippen LogP contribution is 2.28. The molecule has 106 valence electrons. The number of carbonyl (C=O) groups excluding carboxylic acids is 1. The Balaban J connectivity index is 2.05. The fraction of sp³-hybridized carbons (Fsp3) is 0.692. The summed E-state index contributed by atoms with van der Waals surface area (Å²) < 4.78 is 7.15. The van der Waals surface area contributed by atoms with E-state index < -0.39 is 5.60 Å². The van der Waals surface area contributed by atoms with Crippen molar-refractivity contribution in [3.8, 4) is 0 Å². The molecule has 2 atom stereocenters. The van der Waals surface area contributed by atoms with Gasteiger partial charge in [0.1, 0.15) is 5.60 Å². The molecule has 1 aromatic heterocycles. The predicted octanol–water partition coefficient (Wildman–Crippen LogP) is 1.28. The standard InChI is InChI=1S/C13H21N3O3/c1-13(2,3)19-12(18)15-7-10(9-17)11(8-15)16-6-4-5-14-16/h4-6,10-11,17H,7-9H2,1-3H3. The van der Waals surface area contributed by atoms with Crippen LogP contribution in [-0.4, -0.2) is 51.2 Å². The van der Waals surface area contributed by atoms with E-state index in [4.69, 9.17) is 4.74 Å². The SMILES string of the molecule is CC(C)(C)OC(=O)N1CC(CO)C(n2cccn2)C1. The fourth-order valence-corrected chi connectivity index (χ4v) is 2.29. The molecular formula is C13H21N3O3. The first-order valence-electron chi connectivity index (χ1n) is 6.48. The van der Waals surface area contributed by atoms with Gasteiger partial charge in [-0.1, -0.05) is 0 Å². The number of ether oxygens (including phenoxy) is 1. The topological polar surface area (TPSA) is 67.6 Å². The summed E-state index contributed by atoms with van der Waals surface area (Å²) in [7, 11) is 0. The van der Waals surface area contributed by atoms with Crippen molar-refractivity contribution in [3.63, 3.8) is 0 Å². The molecule has 0 radical (unpaired) electrons. The Bertz CT molecular complexity index is 425. The average Bonchev–Trinajstić information content (AvgIpc) is 2.95. The summed E-state index contributed by atoms with van der Waals surface area (Å²) in [4.78, 5) is 13.7. The molecule has 1 saturated heterocycles. The van der Waals surface area contributed by atoms with Gasteiger partial charge in [-0.15, -0.1) is 0 Å². The number of nitrogens with zero attached hydrogens (tertiary/aromatic N) is 3. The van der Waals surface area contributed by atoms with E-state index in [1.54, 1.807) is 15.8 Å². The van der Waals surface area contributed by atoms with Crippen molar-refractivity contribution in [1.82, 2.24) is 14.7 Å². The Hall–Kier alpha value is -1.56. The number of hydrogen-bond donors (Lipinski definition) is 1. The summed E-state index contributed by atoms with van der Waals surface area (Å²) in [6.45, 7) is 6.57. The monoisotopic (exact) mass is 267 g/mol. The summed E-state index contributed by atoms with van der Waals surface area (Å²) in [5.74, 6) is -0.00702. The smallest absolute Gasteiger partial charge is 0.410 e. The van der Waals surface area contributed by atoms with E-state index in [2.05, 4.69) is 5.10 Å². The number of rotatable bonds is 2.